The molecule has 4 aromatic heterocycles. The number of nitrogens with one attached hydrogen (secondary N) is 4. The fourth-order valence-electron chi connectivity index (χ4n) is 7.93. The Bertz CT molecular complexity index is 5090. The zero-order valence-electron chi connectivity index (χ0n) is 54.8. The molecule has 0 radical (unpaired) electrons. The van der Waals surface area contributed by atoms with E-state index in [2.05, 4.69) is 54.7 Å². The van der Waals surface area contributed by atoms with Crippen molar-refractivity contribution in [3.8, 4) is 0 Å². The van der Waals surface area contributed by atoms with Crippen molar-refractivity contribution < 1.29 is 130 Å². The van der Waals surface area contributed by atoms with Crippen LogP contribution in [-0.2, 0) is 82.8 Å². The van der Waals surface area contributed by atoms with Crippen LogP contribution in [0.2, 0.25) is 20.1 Å². The summed E-state index contributed by atoms with van der Waals surface area (Å²) >= 11 is 21.7. The maximum atomic E-state index is 13.0. The number of esters is 2. The zero-order chi connectivity index (χ0) is 82.5. The van der Waals surface area contributed by atoms with E-state index in [0.29, 0.717) is 37.5 Å². The van der Waals surface area contributed by atoms with Crippen LogP contribution in [0.1, 0.15) is 64.2 Å². The highest BCUT2D eigenvalue weighted by Gasteiger charge is 2.39. The number of ether oxygens (including phenoxy) is 4. The van der Waals surface area contributed by atoms with E-state index >= 15 is 0 Å². The molecule has 0 saturated carbocycles. The first-order chi connectivity index (χ1) is 51.0. The first-order valence-electron chi connectivity index (χ1n) is 29.1. The normalized spacial score (nSPS) is 13.3. The number of amides is 1. The average molecular weight is 1750 g/mol. The third-order valence-corrected chi connectivity index (χ3v) is 19.7. The molecule has 10 rings (SSSR count). The number of carboxylic acid groups (broad SMARTS) is 1. The van der Waals surface area contributed by atoms with Gasteiger partial charge in [0.2, 0.25) is 0 Å². The van der Waals surface area contributed by atoms with Gasteiger partial charge in [0.15, 0.2) is 46.0 Å². The van der Waals surface area contributed by atoms with Gasteiger partial charge < -0.3 is 40.0 Å². The minimum Gasteiger partial charge on any atom is -0.476 e. The van der Waals surface area contributed by atoms with Crippen molar-refractivity contribution in [2.24, 2.45) is 0 Å². The second-order valence-corrected chi connectivity index (χ2v) is 29.7. The Labute approximate surface area is 637 Å². The fourth-order valence-corrected chi connectivity index (χ4v) is 12.7. The standard InChI is InChI=1S/C16H14ClF3N4O4S.C13H9ClF3N3O4S.C12H7ClF3N3O4S.C7H3Cl2F3O2S.C6H7N3O2.C4H9NO/c17-12-2-1-10(9-11(12)16(18,19)20)29(26,27)23-14-13(21-3-4-22-14)15(25)24-5-7-28-8-6-24;1-24-12(21)10-11(19-5-4-18-10)20-25(22,23)7-2-3-9(14)8(6-7)13(15,16)17;13-8-2-1-6(5-7(8)12(14,15)16)24(22,23)19-10-9(11(20)21)17-3-4-18-10;8-6-2-1-4(15(9,13)14)3-5(6)7(10,11)12;1-11-6(10)4-5(7)9-3-2-8-4;1-3-6-4-2-5-1/h1-4,9H,5-8H2,(H,22,23);2-6H,1H3,(H,19,20);1-5H,(H,18,19)(H,20,21);1-3H;2-3H,1H3,(H2,7,9);5H,1-4H2. The predicted octanol–water partition coefficient (Wildman–Crippen LogP) is 10.5. The molecule has 1 amide bonds. The maximum Gasteiger partial charge on any atom is 0.417 e. The lowest BCUT2D eigenvalue weighted by atomic mass is 10.2. The van der Waals surface area contributed by atoms with Gasteiger partial charge >= 0.3 is 42.6 Å². The lowest BCUT2D eigenvalue weighted by molar-refractivity contribution is -0.138. The van der Waals surface area contributed by atoms with Crippen molar-refractivity contribution in [3.05, 3.63) is 187 Å². The van der Waals surface area contributed by atoms with Crippen LogP contribution < -0.4 is 25.2 Å². The summed E-state index contributed by atoms with van der Waals surface area (Å²) in [5.41, 5.74) is -1.24. The first-order valence-corrected chi connectivity index (χ1v) is 37.4. The summed E-state index contributed by atoms with van der Waals surface area (Å²) in [6, 6.07) is 8.29. The Balaban J connectivity index is 0.000000248. The minimum atomic E-state index is -4.86. The Kier molecular flexibility index (Phi) is 32.3. The monoisotopic (exact) mass is 1740 g/mol. The SMILES string of the molecule is C1COCCN1.COC(=O)c1nccnc1N.COC(=O)c1nccnc1NS(=O)(=O)c1ccc(Cl)c(C(F)(F)F)c1.O=C(O)c1nccnc1NS(=O)(=O)c1ccc(Cl)c(C(F)(F)F)c1.O=C(c1nccnc1NS(=O)(=O)c1ccc(Cl)c(C(F)(F)F)c1)N1CCOCC1.O=S(=O)(Cl)c1ccc(Cl)c(C(F)(F)F)c1. The Hall–Kier alpha value is -9.43. The molecule has 596 valence electrons. The van der Waals surface area contributed by atoms with Gasteiger partial charge in [-0.05, 0) is 72.8 Å². The van der Waals surface area contributed by atoms with Crippen LogP contribution in [0.5, 0.6) is 0 Å². The number of nitrogen functional groups attached to an aromatic ring is 1. The number of halogens is 17. The van der Waals surface area contributed by atoms with E-state index < -0.39 is 178 Å². The van der Waals surface area contributed by atoms with E-state index in [0.717, 1.165) is 113 Å². The molecular formula is C58H49Cl5F12N14O17S4. The molecule has 0 atom stereocenters. The van der Waals surface area contributed by atoms with Crippen molar-refractivity contribution in [1.29, 1.82) is 0 Å². The topological polar surface area (TPSA) is 442 Å². The molecule has 0 spiro atoms. The maximum absolute atomic E-state index is 13.0. The zero-order valence-corrected chi connectivity index (χ0v) is 61.9. The molecule has 110 heavy (non-hydrogen) atoms. The van der Waals surface area contributed by atoms with Crippen LogP contribution in [0.3, 0.4) is 0 Å². The van der Waals surface area contributed by atoms with Crippen molar-refractivity contribution in [3.63, 3.8) is 0 Å². The molecule has 2 saturated heterocycles. The average Bonchev–Trinajstić information content (AvgIpc) is 0.802. The van der Waals surface area contributed by atoms with Crippen LogP contribution in [0.4, 0.5) is 76.0 Å². The molecule has 8 aromatic rings. The van der Waals surface area contributed by atoms with E-state index in [-0.39, 0.29) is 30.3 Å². The summed E-state index contributed by atoms with van der Waals surface area (Å²) in [5.74, 6) is -5.12. The largest absolute Gasteiger partial charge is 0.476 e. The molecule has 4 aromatic carbocycles. The molecule has 52 heteroatoms. The minimum absolute atomic E-state index is 0.0509. The molecule has 2 aliphatic heterocycles. The van der Waals surface area contributed by atoms with E-state index in [1.165, 1.54) is 30.6 Å². The lowest BCUT2D eigenvalue weighted by Gasteiger charge is -2.26. The quantitative estimate of drug-likeness (QED) is 0.0334. The molecule has 31 nitrogen and oxygen atoms in total. The Morgan fingerprint density at radius 1 is 0.455 bits per heavy atom. The summed E-state index contributed by atoms with van der Waals surface area (Å²) in [4.78, 5) is 73.9. The van der Waals surface area contributed by atoms with Crippen LogP contribution in [-0.4, -0.2) is 174 Å². The molecule has 2 aliphatic rings. The van der Waals surface area contributed by atoms with Crippen LogP contribution >= 0.6 is 57.1 Å². The Morgan fingerprint density at radius 3 is 1.06 bits per heavy atom. The number of aromatic carboxylic acids is 1. The third-order valence-electron chi connectivity index (χ3n) is 13.0. The van der Waals surface area contributed by atoms with Gasteiger partial charge in [-0.2, -0.15) is 52.7 Å². The van der Waals surface area contributed by atoms with Crippen molar-refractivity contribution in [2.45, 2.75) is 44.3 Å². The molecule has 2 fully saturated rings. The van der Waals surface area contributed by atoms with Crippen molar-refractivity contribution >= 4 is 143 Å². The highest BCUT2D eigenvalue weighted by Crippen LogP contribution is 2.40. The number of aromatic nitrogens is 8. The van der Waals surface area contributed by atoms with Crippen LogP contribution in [0, 0.1) is 0 Å². The lowest BCUT2D eigenvalue weighted by Crippen LogP contribution is -2.41. The number of anilines is 4. The number of methoxy groups -OCH3 is 2. The number of carbonyl (C=O) groups excluding carboxylic acids is 3. The Morgan fingerprint density at radius 2 is 0.745 bits per heavy atom. The highest BCUT2D eigenvalue weighted by atomic mass is 35.7. The van der Waals surface area contributed by atoms with Crippen LogP contribution in [0.15, 0.2) is 142 Å². The first kappa shape index (κ1) is 91.2. The number of morpholine rings is 2. The molecule has 0 unspecified atom stereocenters. The number of alkyl halides is 12. The second kappa shape index (κ2) is 39.0. The van der Waals surface area contributed by atoms with Gasteiger partial charge in [0.1, 0.15) is 0 Å². The van der Waals surface area contributed by atoms with Crippen molar-refractivity contribution in [2.75, 3.05) is 86.7 Å². The summed E-state index contributed by atoms with van der Waals surface area (Å²) in [7, 11) is -10.5. The molecule has 0 bridgehead atoms. The summed E-state index contributed by atoms with van der Waals surface area (Å²) < 4.78 is 274. The summed E-state index contributed by atoms with van der Waals surface area (Å²) in [6.45, 7) is 5.04. The van der Waals surface area contributed by atoms with Gasteiger partial charge in [0.05, 0.1) is 103 Å². The van der Waals surface area contributed by atoms with Gasteiger partial charge in [-0.25, -0.2) is 87.9 Å². The van der Waals surface area contributed by atoms with Gasteiger partial charge in [-0.15, -0.1) is 0 Å². The molecular weight excluding hydrogens is 1700 g/mol. The number of hydrogen-bond acceptors (Lipinski definition) is 26. The predicted molar refractivity (Wildman–Crippen MR) is 364 cm³/mol. The van der Waals surface area contributed by atoms with Gasteiger partial charge in [0.25, 0.3) is 45.0 Å². The molecule has 0 aliphatic carbocycles. The smallest absolute Gasteiger partial charge is 0.417 e. The van der Waals surface area contributed by atoms with Crippen molar-refractivity contribution in [1.82, 2.24) is 50.1 Å². The number of carbonyl (C=O) groups is 4. The number of benzene rings is 4. The summed E-state index contributed by atoms with van der Waals surface area (Å²) in [6.07, 6.45) is -9.87. The number of nitrogens with zero attached hydrogens (tertiary/aromatic N) is 9. The van der Waals surface area contributed by atoms with E-state index in [4.69, 9.17) is 77.4 Å². The number of rotatable bonds is 14. The number of nitrogens with two attached hydrogens (primary N) is 1. The highest BCUT2D eigenvalue weighted by molar-refractivity contribution is 8.13. The molecule has 6 heterocycles. The number of sulfonamides is 3. The second-order valence-electron chi connectivity index (χ2n) is 20.4. The van der Waals surface area contributed by atoms with Gasteiger partial charge in [-0.1, -0.05) is 46.4 Å². The number of hydrogen-bond donors (Lipinski definition) is 6. The summed E-state index contributed by atoms with van der Waals surface area (Å²) in [5, 5.41) is 9.53. The van der Waals surface area contributed by atoms with Crippen LogP contribution in [0.25, 0.3) is 0 Å². The third kappa shape index (κ3) is 26.7. The number of carboxylic acids is 1. The van der Waals surface area contributed by atoms with E-state index in [9.17, 15) is 106 Å². The van der Waals surface area contributed by atoms with Gasteiger partial charge in [0, 0.05) is 86.4 Å². The van der Waals surface area contributed by atoms with Gasteiger partial charge in [-0.3, -0.25) is 19.0 Å². The van der Waals surface area contributed by atoms with E-state index in [1.807, 2.05) is 9.44 Å². The fraction of sp³-hybridized carbons (Fsp3) is 0.241. The molecule has 7 N–H and O–H groups in total. The van der Waals surface area contributed by atoms with E-state index in [1.54, 1.807) is 4.72 Å².